The van der Waals surface area contributed by atoms with Crippen LogP contribution in [0.25, 0.3) is 0 Å². The van der Waals surface area contributed by atoms with Gasteiger partial charge >= 0.3 is 0 Å². The van der Waals surface area contributed by atoms with Gasteiger partial charge in [0.2, 0.25) is 5.91 Å². The number of nitrogens with zero attached hydrogens (tertiary/aromatic N) is 1. The summed E-state index contributed by atoms with van der Waals surface area (Å²) in [5.41, 5.74) is 6.81. The molecule has 1 aliphatic carbocycles. The molecule has 0 spiro atoms. The Morgan fingerprint density at radius 1 is 1.27 bits per heavy atom. The van der Waals surface area contributed by atoms with E-state index in [9.17, 15) is 4.79 Å². The number of amides is 1. The number of hydrogen-bond donors (Lipinski definition) is 2. The Kier molecular flexibility index (Phi) is 9.69. The van der Waals surface area contributed by atoms with Gasteiger partial charge in [-0.05, 0) is 45.0 Å². The molecule has 0 radical (unpaired) electrons. The summed E-state index contributed by atoms with van der Waals surface area (Å²) in [6.07, 6.45) is 3.33. The average molecular weight is 348 g/mol. The highest BCUT2D eigenvalue weighted by atomic mass is 35.5. The number of rotatable bonds is 5. The molecule has 1 amide bonds. The monoisotopic (exact) mass is 347 g/mol. The molecule has 1 aromatic rings. The smallest absolute Gasteiger partial charge is 0.242 e. The number of hydrogen-bond acceptors (Lipinski definition) is 3. The zero-order chi connectivity index (χ0) is 14.5. The van der Waals surface area contributed by atoms with Crippen LogP contribution in [0.2, 0.25) is 0 Å². The lowest BCUT2D eigenvalue weighted by Crippen LogP contribution is -2.45. The molecule has 0 saturated heterocycles. The molecule has 3 N–H and O–H groups in total. The van der Waals surface area contributed by atoms with Gasteiger partial charge in [0.1, 0.15) is 6.04 Å². The third-order valence-corrected chi connectivity index (χ3v) is 4.17. The zero-order valence-electron chi connectivity index (χ0n) is 13.2. The van der Waals surface area contributed by atoms with Crippen molar-refractivity contribution in [3.05, 3.63) is 35.9 Å². The van der Waals surface area contributed by atoms with Crippen molar-refractivity contribution in [3.8, 4) is 0 Å². The second-order valence-electron chi connectivity index (χ2n) is 5.82. The minimum absolute atomic E-state index is 0. The first-order valence-corrected chi connectivity index (χ1v) is 7.35. The maximum absolute atomic E-state index is 12.6. The van der Waals surface area contributed by atoms with Crippen molar-refractivity contribution in [1.29, 1.82) is 0 Å². The first kappa shape index (κ1) is 21.2. The Morgan fingerprint density at radius 3 is 2.45 bits per heavy atom. The van der Waals surface area contributed by atoms with E-state index in [1.165, 1.54) is 0 Å². The van der Waals surface area contributed by atoms with Crippen molar-refractivity contribution in [1.82, 2.24) is 10.2 Å². The molecular weight excluding hydrogens is 321 g/mol. The zero-order valence-corrected chi connectivity index (χ0v) is 14.8. The average Bonchev–Trinajstić information content (AvgIpc) is 2.86. The minimum Gasteiger partial charge on any atom is -0.351 e. The molecule has 1 saturated carbocycles. The van der Waals surface area contributed by atoms with Gasteiger partial charge in [0, 0.05) is 6.04 Å². The Morgan fingerprint density at radius 2 is 1.91 bits per heavy atom. The van der Waals surface area contributed by atoms with E-state index < -0.39 is 0 Å². The van der Waals surface area contributed by atoms with Crippen molar-refractivity contribution in [2.24, 2.45) is 11.7 Å². The van der Waals surface area contributed by atoms with Crippen molar-refractivity contribution in [2.75, 3.05) is 20.6 Å². The summed E-state index contributed by atoms with van der Waals surface area (Å²) in [6.45, 7) is 0.656. The van der Waals surface area contributed by atoms with Crippen LogP contribution < -0.4 is 11.1 Å². The number of likely N-dealkylation sites (N-methyl/N-ethyl adjacent to an activating group) is 1. The Bertz CT molecular complexity index is 442. The minimum atomic E-state index is -0.241. The number of carbonyl (C=O) groups is 1. The van der Waals surface area contributed by atoms with Gasteiger partial charge in [-0.2, -0.15) is 0 Å². The summed E-state index contributed by atoms with van der Waals surface area (Å²) < 4.78 is 0. The van der Waals surface area contributed by atoms with Crippen LogP contribution in [0.3, 0.4) is 0 Å². The lowest BCUT2D eigenvalue weighted by atomic mass is 10.0. The highest BCUT2D eigenvalue weighted by molar-refractivity contribution is 5.85. The van der Waals surface area contributed by atoms with E-state index in [0.717, 1.165) is 24.8 Å². The predicted octanol–water partition coefficient (Wildman–Crippen LogP) is 2.38. The normalized spacial score (nSPS) is 21.6. The highest BCUT2D eigenvalue weighted by Crippen LogP contribution is 2.26. The SMILES string of the molecule is CN(C)C(C(=O)NC1CCCC1CN)c1ccccc1.Cl.Cl. The lowest BCUT2D eigenvalue weighted by molar-refractivity contribution is -0.126. The van der Waals surface area contributed by atoms with E-state index in [4.69, 9.17) is 5.73 Å². The molecule has 22 heavy (non-hydrogen) atoms. The van der Waals surface area contributed by atoms with Gasteiger partial charge in [-0.15, -0.1) is 24.8 Å². The van der Waals surface area contributed by atoms with Gasteiger partial charge in [0.25, 0.3) is 0 Å². The van der Waals surface area contributed by atoms with Crippen molar-refractivity contribution in [2.45, 2.75) is 31.3 Å². The number of nitrogens with two attached hydrogens (primary N) is 1. The summed E-state index contributed by atoms with van der Waals surface area (Å²) in [5, 5.41) is 3.20. The third kappa shape index (κ3) is 5.13. The van der Waals surface area contributed by atoms with Gasteiger partial charge in [0.15, 0.2) is 0 Å². The fraction of sp³-hybridized carbons (Fsp3) is 0.562. The fourth-order valence-electron chi connectivity index (χ4n) is 3.09. The van der Waals surface area contributed by atoms with Gasteiger partial charge < -0.3 is 11.1 Å². The number of halogens is 2. The van der Waals surface area contributed by atoms with Crippen LogP contribution in [-0.2, 0) is 4.79 Å². The summed E-state index contributed by atoms with van der Waals surface area (Å²) in [5.74, 6) is 0.504. The molecule has 1 fully saturated rings. The summed E-state index contributed by atoms with van der Waals surface area (Å²) >= 11 is 0. The van der Waals surface area contributed by atoms with E-state index >= 15 is 0 Å². The van der Waals surface area contributed by atoms with Gasteiger partial charge in [-0.25, -0.2) is 0 Å². The second kappa shape index (κ2) is 10.1. The summed E-state index contributed by atoms with van der Waals surface area (Å²) in [6, 6.07) is 9.90. The maximum atomic E-state index is 12.6. The first-order valence-electron chi connectivity index (χ1n) is 7.35. The van der Waals surface area contributed by atoms with Crippen LogP contribution in [0, 0.1) is 5.92 Å². The summed E-state index contributed by atoms with van der Waals surface area (Å²) in [7, 11) is 3.87. The van der Waals surface area contributed by atoms with Crippen molar-refractivity contribution >= 4 is 30.7 Å². The van der Waals surface area contributed by atoms with Gasteiger partial charge in [-0.3, -0.25) is 9.69 Å². The molecular formula is C16H27Cl2N3O. The Labute approximate surface area is 145 Å². The Balaban J connectivity index is 0.00000220. The molecule has 6 heteroatoms. The molecule has 0 bridgehead atoms. The first-order chi connectivity index (χ1) is 9.63. The predicted molar refractivity (Wildman–Crippen MR) is 95.7 cm³/mol. The third-order valence-electron chi connectivity index (χ3n) is 4.17. The maximum Gasteiger partial charge on any atom is 0.242 e. The topological polar surface area (TPSA) is 58.4 Å². The lowest BCUT2D eigenvalue weighted by Gasteiger charge is -2.27. The van der Waals surface area contributed by atoms with Gasteiger partial charge in [0.05, 0.1) is 0 Å². The number of benzene rings is 1. The molecule has 1 aromatic carbocycles. The van der Waals surface area contributed by atoms with Crippen LogP contribution in [0.4, 0.5) is 0 Å². The van der Waals surface area contributed by atoms with E-state index in [1.807, 2.05) is 49.3 Å². The largest absolute Gasteiger partial charge is 0.351 e. The quantitative estimate of drug-likeness (QED) is 0.859. The fourth-order valence-corrected chi connectivity index (χ4v) is 3.09. The molecule has 0 heterocycles. The van der Waals surface area contributed by atoms with Crippen LogP contribution in [0.15, 0.2) is 30.3 Å². The van der Waals surface area contributed by atoms with E-state index in [0.29, 0.717) is 12.5 Å². The standard InChI is InChI=1S/C16H25N3O.2ClH/c1-19(2)15(12-7-4-3-5-8-12)16(20)18-14-10-6-9-13(14)11-17;;/h3-5,7-8,13-15H,6,9-11,17H2,1-2H3,(H,18,20);2*1H. The van der Waals surface area contributed by atoms with Crippen LogP contribution in [0.5, 0.6) is 0 Å². The molecule has 0 aromatic heterocycles. The molecule has 3 unspecified atom stereocenters. The number of carbonyl (C=O) groups excluding carboxylic acids is 1. The van der Waals surface area contributed by atoms with Gasteiger partial charge in [-0.1, -0.05) is 36.8 Å². The molecule has 3 atom stereocenters. The summed E-state index contributed by atoms with van der Waals surface area (Å²) in [4.78, 5) is 14.6. The number of nitrogens with one attached hydrogen (secondary N) is 1. The Hall–Kier alpha value is -0.810. The van der Waals surface area contributed by atoms with E-state index in [1.54, 1.807) is 0 Å². The van der Waals surface area contributed by atoms with Crippen LogP contribution >= 0.6 is 24.8 Å². The molecule has 126 valence electrons. The molecule has 4 nitrogen and oxygen atoms in total. The van der Waals surface area contributed by atoms with Crippen LogP contribution in [0.1, 0.15) is 30.9 Å². The highest BCUT2D eigenvalue weighted by Gasteiger charge is 2.31. The van der Waals surface area contributed by atoms with Crippen LogP contribution in [-0.4, -0.2) is 37.5 Å². The van der Waals surface area contributed by atoms with E-state index in [2.05, 4.69) is 5.32 Å². The van der Waals surface area contributed by atoms with E-state index in [-0.39, 0.29) is 42.8 Å². The van der Waals surface area contributed by atoms with Crippen molar-refractivity contribution < 1.29 is 4.79 Å². The molecule has 0 aliphatic heterocycles. The molecule has 1 aliphatic rings. The second-order valence-corrected chi connectivity index (χ2v) is 5.82. The molecule has 2 rings (SSSR count). The van der Waals surface area contributed by atoms with Crippen molar-refractivity contribution in [3.63, 3.8) is 0 Å².